The van der Waals surface area contributed by atoms with Gasteiger partial charge in [0.25, 0.3) is 0 Å². The van der Waals surface area contributed by atoms with E-state index in [-0.39, 0.29) is 20.1 Å². The summed E-state index contributed by atoms with van der Waals surface area (Å²) in [7, 11) is 3.94. The fourth-order valence-electron chi connectivity index (χ4n) is 3.39. The van der Waals surface area contributed by atoms with Crippen LogP contribution in [0, 0.1) is 37.8 Å². The fraction of sp³-hybridized carbons (Fsp3) is 0.148. The molecule has 0 bridgehead atoms. The maximum atomic E-state index is 6.25. The summed E-state index contributed by atoms with van der Waals surface area (Å²) in [5, 5.41) is 6.25. The Morgan fingerprint density at radius 3 is 1.77 bits per heavy atom. The van der Waals surface area contributed by atoms with Gasteiger partial charge in [0, 0.05) is 45.1 Å². The van der Waals surface area contributed by atoms with Crippen molar-refractivity contribution in [2.75, 3.05) is 0 Å². The van der Waals surface area contributed by atoms with E-state index >= 15 is 0 Å². The van der Waals surface area contributed by atoms with Crippen LogP contribution >= 0.6 is 0 Å². The zero-order valence-corrected chi connectivity index (χ0v) is 22.3. The standard InChI is InChI=1S/C15H16N5.C11H8N.CN.Ir/c1-10-12(14-16-5-7-19(14)3)9-13(11(2)18-10)15-17-6-8-20(15)4;1-2-6-10(7-3-1)11-8-4-5-9-12-11;1-2;/h5-8H,1-4H3;1-6,8-9H;;/q3*-1;+3. The minimum absolute atomic E-state index is 0. The Bertz CT molecular complexity index is 1260. The maximum Gasteiger partial charge on any atom is 3.00 e. The molecule has 8 heteroatoms. The largest absolute Gasteiger partial charge is 3.00 e. The number of pyridine rings is 2. The van der Waals surface area contributed by atoms with Gasteiger partial charge in [0.05, 0.1) is 11.6 Å². The topological polar surface area (TPSA) is 85.2 Å². The van der Waals surface area contributed by atoms with Gasteiger partial charge in [-0.2, -0.15) is 0 Å². The Labute approximate surface area is 219 Å². The van der Waals surface area contributed by atoms with Crippen LogP contribution in [-0.4, -0.2) is 29.1 Å². The second kappa shape index (κ2) is 13.1. The SMILES string of the molecule is Cc1nc(C)c(-c2nccn2C)[c-]c1-c1nccn1C.[C-]#N.[Ir+3].[c-]1ccccc1-c1ccccn1. The number of rotatable bonds is 3. The van der Waals surface area contributed by atoms with Crippen molar-refractivity contribution in [3.8, 4) is 34.0 Å². The van der Waals surface area contributed by atoms with Gasteiger partial charge in [0.15, 0.2) is 0 Å². The molecule has 0 radical (unpaired) electrons. The van der Waals surface area contributed by atoms with Gasteiger partial charge in [0.1, 0.15) is 0 Å². The van der Waals surface area contributed by atoms with E-state index in [2.05, 4.69) is 32.1 Å². The Kier molecular flexibility index (Phi) is 10.2. The van der Waals surface area contributed by atoms with Crippen molar-refractivity contribution < 1.29 is 20.1 Å². The van der Waals surface area contributed by atoms with Crippen molar-refractivity contribution in [3.05, 3.63) is 104 Å². The minimum atomic E-state index is 0. The average Bonchev–Trinajstić information content (AvgIpc) is 3.50. The summed E-state index contributed by atoms with van der Waals surface area (Å²) in [5.41, 5.74) is 5.70. The molecule has 0 aliphatic rings. The van der Waals surface area contributed by atoms with E-state index in [9.17, 15) is 0 Å². The number of hydrogen-bond acceptors (Lipinski definition) is 5. The van der Waals surface area contributed by atoms with Crippen LogP contribution in [-0.2, 0) is 34.2 Å². The van der Waals surface area contributed by atoms with Gasteiger partial charge in [-0.25, -0.2) is 0 Å². The number of aryl methyl sites for hydroxylation is 4. The third-order valence-corrected chi connectivity index (χ3v) is 5.05. The average molecular weight is 639 g/mol. The summed E-state index contributed by atoms with van der Waals surface area (Å²) in [6, 6.07) is 20.3. The number of imidazole rings is 2. The molecule has 0 N–H and O–H groups in total. The van der Waals surface area contributed by atoms with Crippen LogP contribution in [0.25, 0.3) is 34.0 Å². The van der Waals surface area contributed by atoms with Crippen LogP contribution in [0.3, 0.4) is 0 Å². The van der Waals surface area contributed by atoms with Crippen LogP contribution < -0.4 is 0 Å². The molecule has 5 aromatic rings. The Morgan fingerprint density at radius 1 is 0.771 bits per heavy atom. The first-order valence-electron chi connectivity index (χ1n) is 10.5. The Morgan fingerprint density at radius 2 is 1.34 bits per heavy atom. The van der Waals surface area contributed by atoms with Gasteiger partial charge in [-0.1, -0.05) is 37.1 Å². The van der Waals surface area contributed by atoms with Crippen LogP contribution in [0.5, 0.6) is 0 Å². The molecular formula is C27H24IrN7. The predicted octanol–water partition coefficient (Wildman–Crippen LogP) is 4.94. The summed E-state index contributed by atoms with van der Waals surface area (Å²) < 4.78 is 3.94. The second-order valence-corrected chi connectivity index (χ2v) is 7.37. The molecule has 0 amide bonds. The third kappa shape index (κ3) is 6.57. The number of benzene rings is 1. The molecule has 7 nitrogen and oxygen atoms in total. The van der Waals surface area contributed by atoms with Crippen LogP contribution in [0.15, 0.2) is 73.4 Å². The first-order valence-corrected chi connectivity index (χ1v) is 10.5. The quantitative estimate of drug-likeness (QED) is 0.262. The monoisotopic (exact) mass is 639 g/mol. The molecule has 0 aliphatic heterocycles. The molecular weight excluding hydrogens is 615 g/mol. The van der Waals surface area contributed by atoms with Crippen LogP contribution in [0.4, 0.5) is 0 Å². The maximum absolute atomic E-state index is 6.25. The zero-order valence-electron chi connectivity index (χ0n) is 19.9. The van der Waals surface area contributed by atoms with E-state index in [1.165, 1.54) is 0 Å². The fourth-order valence-corrected chi connectivity index (χ4v) is 3.39. The smallest absolute Gasteiger partial charge is 0.512 e. The van der Waals surface area contributed by atoms with Gasteiger partial charge < -0.3 is 30.9 Å². The second-order valence-electron chi connectivity index (χ2n) is 7.37. The van der Waals surface area contributed by atoms with E-state index in [1.54, 1.807) is 18.6 Å². The summed E-state index contributed by atoms with van der Waals surface area (Å²) in [6.07, 6.45) is 9.19. The zero-order chi connectivity index (χ0) is 24.5. The van der Waals surface area contributed by atoms with Gasteiger partial charge >= 0.3 is 20.1 Å². The van der Waals surface area contributed by atoms with Crippen molar-refractivity contribution >= 4 is 0 Å². The van der Waals surface area contributed by atoms with Gasteiger partial charge in [-0.15, -0.1) is 42.0 Å². The predicted molar refractivity (Wildman–Crippen MR) is 130 cm³/mol. The van der Waals surface area contributed by atoms with Crippen molar-refractivity contribution in [1.29, 1.82) is 5.26 Å². The molecule has 35 heavy (non-hydrogen) atoms. The number of hydrogen-bond donors (Lipinski definition) is 0. The van der Waals surface area contributed by atoms with E-state index < -0.39 is 0 Å². The molecule has 0 fully saturated rings. The first-order chi connectivity index (χ1) is 16.5. The number of nitrogens with zero attached hydrogens (tertiary/aromatic N) is 7. The Balaban J connectivity index is 0.000000247. The van der Waals surface area contributed by atoms with Crippen molar-refractivity contribution in [2.24, 2.45) is 14.1 Å². The Hall–Kier alpha value is -3.92. The van der Waals surface area contributed by atoms with Crippen molar-refractivity contribution in [2.45, 2.75) is 13.8 Å². The molecule has 5 rings (SSSR count). The van der Waals surface area contributed by atoms with E-state index in [4.69, 9.17) is 11.8 Å². The molecule has 0 atom stereocenters. The van der Waals surface area contributed by atoms with E-state index in [1.807, 2.05) is 91.9 Å². The molecule has 0 unspecified atom stereocenters. The van der Waals surface area contributed by atoms with Crippen molar-refractivity contribution in [1.82, 2.24) is 29.1 Å². The summed E-state index contributed by atoms with van der Waals surface area (Å²) in [6.45, 7) is 8.71. The molecule has 0 saturated carbocycles. The van der Waals surface area contributed by atoms with Crippen molar-refractivity contribution in [3.63, 3.8) is 0 Å². The van der Waals surface area contributed by atoms with Gasteiger partial charge in [0.2, 0.25) is 0 Å². The third-order valence-electron chi connectivity index (χ3n) is 5.05. The van der Waals surface area contributed by atoms with Crippen LogP contribution in [0.1, 0.15) is 11.4 Å². The minimum Gasteiger partial charge on any atom is -0.512 e. The van der Waals surface area contributed by atoms with E-state index in [0.717, 1.165) is 45.4 Å². The van der Waals surface area contributed by atoms with Gasteiger partial charge in [-0.3, -0.25) is 9.97 Å². The first kappa shape index (κ1) is 27.3. The molecule has 176 valence electrons. The summed E-state index contributed by atoms with van der Waals surface area (Å²) in [5.74, 6) is 1.73. The molecule has 4 heterocycles. The van der Waals surface area contributed by atoms with E-state index in [0.29, 0.717) is 0 Å². The van der Waals surface area contributed by atoms with Crippen LogP contribution in [0.2, 0.25) is 0 Å². The summed E-state index contributed by atoms with van der Waals surface area (Å²) in [4.78, 5) is 17.6. The molecule has 4 aromatic heterocycles. The molecule has 0 aliphatic carbocycles. The molecule has 0 spiro atoms. The molecule has 1 aromatic carbocycles. The number of aromatic nitrogens is 6. The normalized spacial score (nSPS) is 9.66. The molecule has 0 saturated heterocycles. The summed E-state index contributed by atoms with van der Waals surface area (Å²) >= 11 is 0. The van der Waals surface area contributed by atoms with Gasteiger partial charge in [-0.05, 0) is 23.1 Å².